The van der Waals surface area contributed by atoms with E-state index in [0.29, 0.717) is 11.6 Å². The van der Waals surface area contributed by atoms with Crippen molar-refractivity contribution < 1.29 is 9.69 Å². The van der Waals surface area contributed by atoms with Crippen LogP contribution in [0, 0.1) is 6.92 Å². The minimum atomic E-state index is -0.00593. The van der Waals surface area contributed by atoms with Crippen LogP contribution in [0.2, 0.25) is 5.02 Å². The largest absolute Gasteiger partial charge is 0.326 e. The minimum Gasteiger partial charge on any atom is -0.326 e. The van der Waals surface area contributed by atoms with Crippen LogP contribution in [0.3, 0.4) is 0 Å². The molecule has 1 atom stereocenters. The topological polar surface area (TPSA) is 33.5 Å². The van der Waals surface area contributed by atoms with Crippen LogP contribution in [0.5, 0.6) is 0 Å². The molecule has 0 spiro atoms. The van der Waals surface area contributed by atoms with E-state index in [1.165, 1.54) is 10.5 Å². The van der Waals surface area contributed by atoms with Crippen LogP contribution in [-0.2, 0) is 11.3 Å². The Bertz CT molecular complexity index is 673. The molecule has 0 heterocycles. The highest BCUT2D eigenvalue weighted by atomic mass is 35.5. The van der Waals surface area contributed by atoms with Gasteiger partial charge in [-0.15, -0.1) is 11.8 Å². The first-order valence-corrected chi connectivity index (χ1v) is 9.09. The van der Waals surface area contributed by atoms with Crippen molar-refractivity contribution in [3.05, 3.63) is 58.6 Å². The fourth-order valence-corrected chi connectivity index (χ4v) is 2.95. The van der Waals surface area contributed by atoms with Gasteiger partial charge in [0.15, 0.2) is 6.54 Å². The average molecular weight is 350 g/mol. The zero-order valence-corrected chi connectivity index (χ0v) is 15.2. The summed E-state index contributed by atoms with van der Waals surface area (Å²) in [5.74, 6) is -0.00593. The van der Waals surface area contributed by atoms with Crippen LogP contribution in [0.25, 0.3) is 0 Å². The fourth-order valence-electron chi connectivity index (χ4n) is 2.37. The van der Waals surface area contributed by atoms with Gasteiger partial charge in [-0.3, -0.25) is 4.79 Å². The van der Waals surface area contributed by atoms with Gasteiger partial charge in [0, 0.05) is 21.2 Å². The third kappa shape index (κ3) is 5.27. The molecule has 1 amide bonds. The van der Waals surface area contributed by atoms with Gasteiger partial charge in [-0.1, -0.05) is 29.8 Å². The second kappa shape index (κ2) is 8.39. The molecule has 122 valence electrons. The quantitative estimate of drug-likeness (QED) is 0.786. The Balaban J connectivity index is 1.90. The van der Waals surface area contributed by atoms with Gasteiger partial charge in [0.1, 0.15) is 6.54 Å². The molecule has 2 rings (SSSR count). The number of rotatable bonds is 6. The van der Waals surface area contributed by atoms with Crippen molar-refractivity contribution in [2.24, 2.45) is 0 Å². The number of likely N-dealkylation sites (N-methyl/N-ethyl adjacent to an activating group) is 1. The predicted octanol–water partition coefficient (Wildman–Crippen LogP) is 3.02. The number of nitrogens with one attached hydrogen (secondary N) is 2. The predicted molar refractivity (Wildman–Crippen MR) is 98.5 cm³/mol. The Morgan fingerprint density at radius 2 is 1.91 bits per heavy atom. The molecule has 0 bridgehead atoms. The first kappa shape index (κ1) is 17.9. The molecule has 5 heteroatoms. The lowest BCUT2D eigenvalue weighted by atomic mass is 10.2. The lowest BCUT2D eigenvalue weighted by Crippen LogP contribution is -3.08. The van der Waals surface area contributed by atoms with Crippen molar-refractivity contribution in [1.82, 2.24) is 0 Å². The Morgan fingerprint density at radius 3 is 2.57 bits per heavy atom. The highest BCUT2D eigenvalue weighted by Crippen LogP contribution is 2.22. The highest BCUT2D eigenvalue weighted by Gasteiger charge is 2.12. The summed E-state index contributed by atoms with van der Waals surface area (Å²) >= 11 is 7.81. The molecule has 23 heavy (non-hydrogen) atoms. The number of amides is 1. The van der Waals surface area contributed by atoms with Crippen LogP contribution >= 0.6 is 23.4 Å². The number of hydrogen-bond acceptors (Lipinski definition) is 2. The number of hydrogen-bond donors (Lipinski definition) is 2. The van der Waals surface area contributed by atoms with E-state index in [9.17, 15) is 4.79 Å². The van der Waals surface area contributed by atoms with Crippen LogP contribution in [-0.4, -0.2) is 25.8 Å². The molecular formula is C18H22ClN2OS+. The van der Waals surface area contributed by atoms with Gasteiger partial charge in [0.2, 0.25) is 0 Å². The van der Waals surface area contributed by atoms with Crippen molar-refractivity contribution in [2.45, 2.75) is 18.4 Å². The zero-order valence-electron chi connectivity index (χ0n) is 13.7. The van der Waals surface area contributed by atoms with E-state index in [0.717, 1.165) is 22.7 Å². The van der Waals surface area contributed by atoms with Crippen molar-refractivity contribution >= 4 is 35.0 Å². The van der Waals surface area contributed by atoms with Crippen LogP contribution < -0.4 is 10.2 Å². The van der Waals surface area contributed by atoms with Crippen molar-refractivity contribution in [3.8, 4) is 0 Å². The maximum atomic E-state index is 12.2. The summed E-state index contributed by atoms with van der Waals surface area (Å²) in [7, 11) is 2.02. The maximum absolute atomic E-state index is 12.2. The monoisotopic (exact) mass is 349 g/mol. The van der Waals surface area contributed by atoms with Crippen LogP contribution in [0.1, 0.15) is 11.1 Å². The molecule has 0 saturated heterocycles. The number of halogens is 1. The lowest BCUT2D eigenvalue weighted by Gasteiger charge is -2.15. The molecule has 0 saturated carbocycles. The van der Waals surface area contributed by atoms with Gasteiger partial charge in [-0.2, -0.15) is 0 Å². The molecule has 2 aromatic carbocycles. The van der Waals surface area contributed by atoms with E-state index in [1.54, 1.807) is 11.8 Å². The van der Waals surface area contributed by atoms with E-state index >= 15 is 0 Å². The maximum Gasteiger partial charge on any atom is 0.279 e. The molecule has 0 aromatic heterocycles. The van der Waals surface area contributed by atoms with E-state index in [4.69, 9.17) is 11.6 Å². The first-order chi connectivity index (χ1) is 11.0. The number of anilines is 1. The van der Waals surface area contributed by atoms with Gasteiger partial charge in [-0.05, 0) is 43.0 Å². The first-order valence-electron chi connectivity index (χ1n) is 7.49. The molecule has 0 aliphatic carbocycles. The second-order valence-electron chi connectivity index (χ2n) is 5.62. The van der Waals surface area contributed by atoms with E-state index < -0.39 is 0 Å². The zero-order chi connectivity index (χ0) is 16.8. The lowest BCUT2D eigenvalue weighted by molar-refractivity contribution is -0.885. The van der Waals surface area contributed by atoms with Crippen molar-refractivity contribution in [1.29, 1.82) is 0 Å². The van der Waals surface area contributed by atoms with Gasteiger partial charge >= 0.3 is 0 Å². The summed E-state index contributed by atoms with van der Waals surface area (Å²) in [6.07, 6.45) is 2.06. The van der Waals surface area contributed by atoms with E-state index in [1.807, 2.05) is 32.2 Å². The SMILES string of the molecule is CSc1ccc(C[NH+](C)CC(=O)Nc2cccc(Cl)c2C)cc1. The fraction of sp³-hybridized carbons (Fsp3) is 0.278. The van der Waals surface area contributed by atoms with E-state index in [-0.39, 0.29) is 5.91 Å². The summed E-state index contributed by atoms with van der Waals surface area (Å²) in [6, 6.07) is 14.0. The van der Waals surface area contributed by atoms with Gasteiger partial charge in [-0.25, -0.2) is 0 Å². The average Bonchev–Trinajstić information content (AvgIpc) is 2.52. The Hall–Kier alpha value is -1.49. The van der Waals surface area contributed by atoms with Gasteiger partial charge in [0.05, 0.1) is 7.05 Å². The summed E-state index contributed by atoms with van der Waals surface area (Å²) in [5.41, 5.74) is 2.90. The molecule has 0 fully saturated rings. The summed E-state index contributed by atoms with van der Waals surface area (Å²) in [6.45, 7) is 3.13. The number of thioether (sulfide) groups is 1. The Kier molecular flexibility index (Phi) is 6.51. The van der Waals surface area contributed by atoms with Crippen molar-refractivity contribution in [2.75, 3.05) is 25.2 Å². The molecule has 2 aromatic rings. The number of carbonyl (C=O) groups excluding carboxylic acids is 1. The highest BCUT2D eigenvalue weighted by molar-refractivity contribution is 7.98. The minimum absolute atomic E-state index is 0.00593. The summed E-state index contributed by atoms with van der Waals surface area (Å²) in [4.78, 5) is 14.6. The molecule has 0 aliphatic heterocycles. The number of quaternary nitrogens is 1. The molecule has 0 aliphatic rings. The number of carbonyl (C=O) groups is 1. The summed E-state index contributed by atoms with van der Waals surface area (Å²) in [5, 5.41) is 3.60. The van der Waals surface area contributed by atoms with Gasteiger partial charge in [0.25, 0.3) is 5.91 Å². The normalized spacial score (nSPS) is 12.0. The van der Waals surface area contributed by atoms with E-state index in [2.05, 4.69) is 35.8 Å². The molecular weight excluding hydrogens is 328 g/mol. The smallest absolute Gasteiger partial charge is 0.279 e. The van der Waals surface area contributed by atoms with Crippen molar-refractivity contribution in [3.63, 3.8) is 0 Å². The Morgan fingerprint density at radius 1 is 1.22 bits per heavy atom. The third-order valence-electron chi connectivity index (χ3n) is 3.67. The summed E-state index contributed by atoms with van der Waals surface area (Å²) < 4.78 is 0. The molecule has 3 nitrogen and oxygen atoms in total. The molecule has 1 unspecified atom stereocenters. The van der Waals surface area contributed by atoms with Crippen LogP contribution in [0.15, 0.2) is 47.4 Å². The number of benzene rings is 2. The second-order valence-corrected chi connectivity index (χ2v) is 6.91. The standard InChI is InChI=1S/C18H21ClN2OS/c1-13-16(19)5-4-6-17(13)20-18(22)12-21(2)11-14-7-9-15(23-3)10-8-14/h4-10H,11-12H2,1-3H3,(H,20,22)/p+1. The molecule has 0 radical (unpaired) electrons. The third-order valence-corrected chi connectivity index (χ3v) is 4.82. The Labute approximate surface area is 147 Å². The molecule has 2 N–H and O–H groups in total. The van der Waals surface area contributed by atoms with Gasteiger partial charge < -0.3 is 10.2 Å². The van der Waals surface area contributed by atoms with Crippen LogP contribution in [0.4, 0.5) is 5.69 Å².